The van der Waals surface area contributed by atoms with E-state index in [4.69, 9.17) is 20.8 Å². The highest BCUT2D eigenvalue weighted by molar-refractivity contribution is 7.16. The van der Waals surface area contributed by atoms with E-state index in [9.17, 15) is 4.79 Å². The summed E-state index contributed by atoms with van der Waals surface area (Å²) in [6.45, 7) is 2.27. The van der Waals surface area contributed by atoms with Crippen LogP contribution in [0.25, 0.3) is 0 Å². The lowest BCUT2D eigenvalue weighted by Gasteiger charge is -2.14. The lowest BCUT2D eigenvalue weighted by molar-refractivity contribution is -0.142. The van der Waals surface area contributed by atoms with Crippen LogP contribution in [0.15, 0.2) is 34.9 Å². The van der Waals surface area contributed by atoms with Gasteiger partial charge in [0.05, 0.1) is 23.8 Å². The fraction of sp³-hybridized carbons (Fsp3) is 0.308. The molecule has 0 fully saturated rings. The van der Waals surface area contributed by atoms with Gasteiger partial charge in [0.2, 0.25) is 0 Å². The molecule has 2 rings (SSSR count). The molecule has 0 radical (unpaired) electrons. The van der Waals surface area contributed by atoms with Crippen molar-refractivity contribution in [2.45, 2.75) is 13.0 Å². The molecule has 0 saturated heterocycles. The summed E-state index contributed by atoms with van der Waals surface area (Å²) in [7, 11) is 0. The molecule has 102 valence electrons. The summed E-state index contributed by atoms with van der Waals surface area (Å²) in [6.07, 6.45) is 1.60. The van der Waals surface area contributed by atoms with Crippen LogP contribution in [0.2, 0.25) is 4.34 Å². The van der Waals surface area contributed by atoms with Crippen LogP contribution in [0.3, 0.4) is 0 Å². The fourth-order valence-corrected chi connectivity index (χ4v) is 2.82. The summed E-state index contributed by atoms with van der Waals surface area (Å²) in [5.74, 6) is 0.449. The Morgan fingerprint density at radius 2 is 2.37 bits per heavy atom. The van der Waals surface area contributed by atoms with E-state index in [2.05, 4.69) is 5.32 Å². The van der Waals surface area contributed by atoms with Gasteiger partial charge in [0.25, 0.3) is 0 Å². The second kappa shape index (κ2) is 6.75. The van der Waals surface area contributed by atoms with Crippen molar-refractivity contribution in [2.24, 2.45) is 0 Å². The zero-order chi connectivity index (χ0) is 13.7. The van der Waals surface area contributed by atoms with E-state index in [1.165, 1.54) is 11.3 Å². The second-order valence-electron chi connectivity index (χ2n) is 3.78. The molecule has 1 unspecified atom stereocenters. The number of halogens is 1. The van der Waals surface area contributed by atoms with Gasteiger partial charge in [0.1, 0.15) is 11.8 Å². The number of hydrogen-bond acceptors (Lipinski definition) is 5. The Kier molecular flexibility index (Phi) is 5.01. The number of hydrogen-bond donors (Lipinski definition) is 1. The van der Waals surface area contributed by atoms with Crippen LogP contribution >= 0.6 is 22.9 Å². The molecule has 2 heterocycles. The van der Waals surface area contributed by atoms with Gasteiger partial charge in [0.15, 0.2) is 0 Å². The molecule has 0 aromatic carbocycles. The fourth-order valence-electron chi connectivity index (χ4n) is 1.68. The molecule has 1 atom stereocenters. The van der Waals surface area contributed by atoms with E-state index in [1.54, 1.807) is 13.2 Å². The van der Waals surface area contributed by atoms with Gasteiger partial charge < -0.3 is 9.15 Å². The predicted octanol–water partition coefficient (Wildman–Crippen LogP) is 3.24. The third kappa shape index (κ3) is 3.83. The highest BCUT2D eigenvalue weighted by Gasteiger charge is 2.19. The van der Waals surface area contributed by atoms with Gasteiger partial charge in [-0.3, -0.25) is 10.1 Å². The summed E-state index contributed by atoms with van der Waals surface area (Å²) in [5.41, 5.74) is 0. The Morgan fingerprint density at radius 1 is 1.53 bits per heavy atom. The zero-order valence-electron chi connectivity index (χ0n) is 10.4. The number of rotatable bonds is 6. The van der Waals surface area contributed by atoms with Crippen LogP contribution in [0.4, 0.5) is 0 Å². The van der Waals surface area contributed by atoms with Gasteiger partial charge in [0, 0.05) is 4.88 Å². The molecule has 0 amide bonds. The van der Waals surface area contributed by atoms with Crippen LogP contribution in [0.5, 0.6) is 0 Å². The standard InChI is InChI=1S/C13H14ClNO3S/c1-2-17-12(16)8-15-13(9-4-3-7-18-9)10-5-6-11(14)19-10/h3-7,13,15H,2,8H2,1H3. The maximum atomic E-state index is 11.4. The molecule has 4 nitrogen and oxygen atoms in total. The molecule has 0 aliphatic rings. The van der Waals surface area contributed by atoms with Crippen molar-refractivity contribution in [3.8, 4) is 0 Å². The summed E-state index contributed by atoms with van der Waals surface area (Å²) in [5, 5.41) is 3.12. The van der Waals surface area contributed by atoms with E-state index in [0.29, 0.717) is 10.9 Å². The summed E-state index contributed by atoms with van der Waals surface area (Å²) in [4.78, 5) is 12.4. The van der Waals surface area contributed by atoms with E-state index < -0.39 is 0 Å². The minimum Gasteiger partial charge on any atom is -0.467 e. The maximum Gasteiger partial charge on any atom is 0.319 e. The topological polar surface area (TPSA) is 51.5 Å². The molecule has 0 aliphatic carbocycles. The predicted molar refractivity (Wildman–Crippen MR) is 74.5 cm³/mol. The average molecular weight is 300 g/mol. The van der Waals surface area contributed by atoms with E-state index in [1.807, 2.05) is 24.3 Å². The Bertz CT molecular complexity index is 524. The van der Waals surface area contributed by atoms with Crippen molar-refractivity contribution in [3.05, 3.63) is 45.5 Å². The SMILES string of the molecule is CCOC(=O)CNC(c1ccco1)c1ccc(Cl)s1. The lowest BCUT2D eigenvalue weighted by Crippen LogP contribution is -2.28. The van der Waals surface area contributed by atoms with E-state index in [-0.39, 0.29) is 18.6 Å². The number of esters is 1. The van der Waals surface area contributed by atoms with Gasteiger partial charge >= 0.3 is 5.97 Å². The van der Waals surface area contributed by atoms with E-state index >= 15 is 0 Å². The number of nitrogens with one attached hydrogen (secondary N) is 1. The normalized spacial score (nSPS) is 12.3. The van der Waals surface area contributed by atoms with Crippen molar-refractivity contribution in [3.63, 3.8) is 0 Å². The first-order valence-electron chi connectivity index (χ1n) is 5.88. The molecular formula is C13H14ClNO3S. The third-order valence-electron chi connectivity index (χ3n) is 2.46. The molecule has 0 saturated carbocycles. The minimum absolute atomic E-state index is 0.120. The van der Waals surface area contributed by atoms with Crippen LogP contribution in [-0.2, 0) is 9.53 Å². The van der Waals surface area contributed by atoms with Crippen LogP contribution in [-0.4, -0.2) is 19.1 Å². The molecular weight excluding hydrogens is 286 g/mol. The maximum absolute atomic E-state index is 11.4. The second-order valence-corrected chi connectivity index (χ2v) is 5.52. The van der Waals surface area contributed by atoms with Crippen molar-refractivity contribution in [1.29, 1.82) is 0 Å². The molecule has 0 aliphatic heterocycles. The largest absolute Gasteiger partial charge is 0.467 e. The number of carbonyl (C=O) groups excluding carboxylic acids is 1. The molecule has 0 spiro atoms. The van der Waals surface area contributed by atoms with Crippen molar-refractivity contribution in [2.75, 3.05) is 13.2 Å². The number of carbonyl (C=O) groups is 1. The molecule has 2 aromatic rings. The summed E-state index contributed by atoms with van der Waals surface area (Å²) >= 11 is 7.40. The van der Waals surface area contributed by atoms with Crippen molar-refractivity contribution >= 4 is 28.9 Å². The molecule has 6 heteroatoms. The minimum atomic E-state index is -0.290. The first kappa shape index (κ1) is 14.1. The van der Waals surface area contributed by atoms with Crippen molar-refractivity contribution in [1.82, 2.24) is 5.32 Å². The Morgan fingerprint density at radius 3 is 2.95 bits per heavy atom. The number of furan rings is 1. The highest BCUT2D eigenvalue weighted by Crippen LogP contribution is 2.31. The number of ether oxygens (including phenoxy) is 1. The number of thiophene rings is 1. The molecule has 1 N–H and O–H groups in total. The van der Waals surface area contributed by atoms with E-state index in [0.717, 1.165) is 10.6 Å². The van der Waals surface area contributed by atoms with Gasteiger partial charge in [-0.2, -0.15) is 0 Å². The molecule has 0 bridgehead atoms. The molecule has 19 heavy (non-hydrogen) atoms. The monoisotopic (exact) mass is 299 g/mol. The first-order valence-corrected chi connectivity index (χ1v) is 7.07. The smallest absolute Gasteiger partial charge is 0.319 e. The van der Waals surface area contributed by atoms with Gasteiger partial charge in [-0.15, -0.1) is 11.3 Å². The van der Waals surface area contributed by atoms with Crippen LogP contribution in [0, 0.1) is 0 Å². The van der Waals surface area contributed by atoms with Crippen LogP contribution < -0.4 is 5.32 Å². The average Bonchev–Trinajstić information content (AvgIpc) is 3.02. The highest BCUT2D eigenvalue weighted by atomic mass is 35.5. The van der Waals surface area contributed by atoms with Crippen LogP contribution in [0.1, 0.15) is 23.6 Å². The Hall–Kier alpha value is -1.30. The third-order valence-corrected chi connectivity index (χ3v) is 3.76. The summed E-state index contributed by atoms with van der Waals surface area (Å²) in [6, 6.07) is 7.21. The summed E-state index contributed by atoms with van der Waals surface area (Å²) < 4.78 is 11.0. The Labute approximate surface area is 120 Å². The first-order chi connectivity index (χ1) is 9.20. The zero-order valence-corrected chi connectivity index (χ0v) is 12.0. The van der Waals surface area contributed by atoms with Gasteiger partial charge in [-0.1, -0.05) is 11.6 Å². The quantitative estimate of drug-likeness (QED) is 0.832. The van der Waals surface area contributed by atoms with Crippen molar-refractivity contribution < 1.29 is 13.9 Å². The lowest BCUT2D eigenvalue weighted by atomic mass is 10.2. The van der Waals surface area contributed by atoms with Gasteiger partial charge in [-0.25, -0.2) is 0 Å². The van der Waals surface area contributed by atoms with Gasteiger partial charge in [-0.05, 0) is 31.2 Å². The molecule has 2 aromatic heterocycles. The Balaban J connectivity index is 2.10.